The van der Waals surface area contributed by atoms with Crippen molar-refractivity contribution < 1.29 is 4.79 Å². The van der Waals surface area contributed by atoms with Crippen molar-refractivity contribution in [2.24, 2.45) is 23.2 Å². The Morgan fingerprint density at radius 3 is 2.29 bits per heavy atom. The zero-order valence-electron chi connectivity index (χ0n) is 13.1. The molecule has 0 unspecified atom stereocenters. The molecule has 112 valence electrons. The molecule has 21 heavy (non-hydrogen) atoms. The van der Waals surface area contributed by atoms with E-state index in [2.05, 4.69) is 19.1 Å². The van der Waals surface area contributed by atoms with Crippen molar-refractivity contribution >= 4 is 5.78 Å². The molecule has 0 N–H and O–H groups in total. The van der Waals surface area contributed by atoms with E-state index in [-0.39, 0.29) is 0 Å². The standard InChI is InChI=1S/C20H26O/c1-2-14-4-3-5-18(9-14)19(21)13-20-10-15-6-16(11-20)8-17(7-15)12-20/h3-5,9,15-17H,2,6-8,10-13H2,1H3. The van der Waals surface area contributed by atoms with Gasteiger partial charge in [0.2, 0.25) is 0 Å². The maximum atomic E-state index is 12.8. The van der Waals surface area contributed by atoms with Crippen molar-refractivity contribution in [1.82, 2.24) is 0 Å². The molecule has 4 aliphatic rings. The summed E-state index contributed by atoms with van der Waals surface area (Å²) in [6, 6.07) is 8.30. The molecule has 0 atom stereocenters. The van der Waals surface area contributed by atoms with Gasteiger partial charge < -0.3 is 0 Å². The summed E-state index contributed by atoms with van der Waals surface area (Å²) in [5.41, 5.74) is 2.60. The quantitative estimate of drug-likeness (QED) is 0.707. The minimum atomic E-state index is 0.369. The first kappa shape index (κ1) is 13.5. The van der Waals surface area contributed by atoms with Gasteiger partial charge in [-0.1, -0.05) is 25.1 Å². The van der Waals surface area contributed by atoms with Crippen LogP contribution >= 0.6 is 0 Å². The number of Topliss-reactive ketones (excluding diaryl/α,β-unsaturated/α-hetero) is 1. The highest BCUT2D eigenvalue weighted by Gasteiger charge is 2.51. The van der Waals surface area contributed by atoms with Crippen molar-refractivity contribution in [1.29, 1.82) is 0 Å². The number of aryl methyl sites for hydroxylation is 1. The fraction of sp³-hybridized carbons (Fsp3) is 0.650. The molecule has 4 fully saturated rings. The first-order valence-corrected chi connectivity index (χ1v) is 8.78. The normalized spacial score (nSPS) is 36.9. The van der Waals surface area contributed by atoms with Crippen molar-refractivity contribution in [3.8, 4) is 0 Å². The molecule has 0 heterocycles. The first-order valence-electron chi connectivity index (χ1n) is 8.78. The maximum absolute atomic E-state index is 12.8. The number of hydrogen-bond donors (Lipinski definition) is 0. The summed E-state index contributed by atoms with van der Waals surface area (Å²) in [5, 5.41) is 0. The highest BCUT2D eigenvalue weighted by molar-refractivity contribution is 5.96. The Morgan fingerprint density at radius 1 is 1.10 bits per heavy atom. The third-order valence-corrected chi connectivity index (χ3v) is 6.36. The number of benzene rings is 1. The van der Waals surface area contributed by atoms with Crippen LogP contribution in [0.1, 0.15) is 67.8 Å². The Balaban J connectivity index is 1.54. The summed E-state index contributed by atoms with van der Waals surface area (Å²) in [6.07, 6.45) is 10.2. The summed E-state index contributed by atoms with van der Waals surface area (Å²) in [6.45, 7) is 2.16. The second kappa shape index (κ2) is 4.97. The number of hydrogen-bond acceptors (Lipinski definition) is 1. The minimum Gasteiger partial charge on any atom is -0.294 e. The molecule has 1 heteroatoms. The lowest BCUT2D eigenvalue weighted by Gasteiger charge is -2.56. The van der Waals surface area contributed by atoms with Gasteiger partial charge in [0.05, 0.1) is 0 Å². The van der Waals surface area contributed by atoms with E-state index in [9.17, 15) is 4.79 Å². The van der Waals surface area contributed by atoms with Gasteiger partial charge in [0, 0.05) is 12.0 Å². The van der Waals surface area contributed by atoms with E-state index in [1.54, 1.807) is 0 Å². The van der Waals surface area contributed by atoms with Gasteiger partial charge in [0.1, 0.15) is 0 Å². The molecule has 1 aromatic carbocycles. The molecule has 0 aliphatic heterocycles. The lowest BCUT2D eigenvalue weighted by atomic mass is 9.48. The number of carbonyl (C=O) groups excluding carboxylic acids is 1. The molecule has 1 aromatic rings. The predicted octanol–water partition coefficient (Wildman–Crippen LogP) is 5.04. The van der Waals surface area contributed by atoms with Crippen molar-refractivity contribution in [3.63, 3.8) is 0 Å². The van der Waals surface area contributed by atoms with Crippen LogP contribution in [-0.4, -0.2) is 5.78 Å². The van der Waals surface area contributed by atoms with E-state index in [0.717, 1.165) is 36.2 Å². The third-order valence-electron chi connectivity index (χ3n) is 6.36. The van der Waals surface area contributed by atoms with Crippen LogP contribution in [0.4, 0.5) is 0 Å². The molecule has 0 radical (unpaired) electrons. The van der Waals surface area contributed by atoms with Crippen LogP contribution in [0.2, 0.25) is 0 Å². The lowest BCUT2D eigenvalue weighted by Crippen LogP contribution is -2.46. The summed E-state index contributed by atoms with van der Waals surface area (Å²) in [5.74, 6) is 3.20. The van der Waals surface area contributed by atoms with Crippen LogP contribution in [0.5, 0.6) is 0 Å². The van der Waals surface area contributed by atoms with Gasteiger partial charge in [-0.2, -0.15) is 0 Å². The molecular formula is C20H26O. The molecule has 1 nitrogen and oxygen atoms in total. The summed E-state index contributed by atoms with van der Waals surface area (Å²) in [4.78, 5) is 12.8. The van der Waals surface area contributed by atoms with Crippen LogP contribution in [0.25, 0.3) is 0 Å². The zero-order chi connectivity index (χ0) is 14.4. The van der Waals surface area contributed by atoms with Crippen LogP contribution < -0.4 is 0 Å². The lowest BCUT2D eigenvalue weighted by molar-refractivity contribution is -0.0524. The van der Waals surface area contributed by atoms with Crippen LogP contribution in [-0.2, 0) is 6.42 Å². The van der Waals surface area contributed by atoms with Gasteiger partial charge in [-0.3, -0.25) is 4.79 Å². The Morgan fingerprint density at radius 2 is 1.71 bits per heavy atom. The largest absolute Gasteiger partial charge is 0.294 e. The number of ketones is 1. The minimum absolute atomic E-state index is 0.369. The summed E-state index contributed by atoms with van der Waals surface area (Å²) < 4.78 is 0. The Bertz CT molecular complexity index is 521. The maximum Gasteiger partial charge on any atom is 0.163 e. The highest BCUT2D eigenvalue weighted by Crippen LogP contribution is 2.61. The molecule has 5 rings (SSSR count). The van der Waals surface area contributed by atoms with Gasteiger partial charge in [-0.15, -0.1) is 0 Å². The average Bonchev–Trinajstić information content (AvgIpc) is 2.45. The van der Waals surface area contributed by atoms with Crippen molar-refractivity contribution in [2.75, 3.05) is 0 Å². The second-order valence-electron chi connectivity index (χ2n) is 8.07. The van der Waals surface area contributed by atoms with Crippen molar-refractivity contribution in [3.05, 3.63) is 35.4 Å². The average molecular weight is 282 g/mol. The van der Waals surface area contributed by atoms with Crippen LogP contribution in [0, 0.1) is 23.2 Å². The zero-order valence-corrected chi connectivity index (χ0v) is 13.1. The molecule has 0 saturated heterocycles. The molecule has 0 amide bonds. The molecule has 0 spiro atoms. The second-order valence-corrected chi connectivity index (χ2v) is 8.07. The third kappa shape index (κ3) is 2.45. The SMILES string of the molecule is CCc1cccc(C(=O)CC23CC4CC(CC(C4)C2)C3)c1. The Kier molecular flexibility index (Phi) is 3.20. The van der Waals surface area contributed by atoms with Gasteiger partial charge in [-0.25, -0.2) is 0 Å². The van der Waals surface area contributed by atoms with Gasteiger partial charge in [0.25, 0.3) is 0 Å². The van der Waals surface area contributed by atoms with E-state index in [1.165, 1.54) is 44.1 Å². The first-order chi connectivity index (χ1) is 10.2. The topological polar surface area (TPSA) is 17.1 Å². The Labute approximate surface area is 128 Å². The fourth-order valence-corrected chi connectivity index (χ4v) is 5.91. The van der Waals surface area contributed by atoms with E-state index in [4.69, 9.17) is 0 Å². The summed E-state index contributed by atoms with van der Waals surface area (Å²) >= 11 is 0. The van der Waals surface area contributed by atoms with E-state index < -0.39 is 0 Å². The monoisotopic (exact) mass is 282 g/mol. The van der Waals surface area contributed by atoms with Gasteiger partial charge in [0.15, 0.2) is 5.78 Å². The van der Waals surface area contributed by atoms with E-state index >= 15 is 0 Å². The van der Waals surface area contributed by atoms with Gasteiger partial charge >= 0.3 is 0 Å². The number of rotatable bonds is 4. The molecule has 4 aliphatic carbocycles. The Hall–Kier alpha value is -1.11. The number of carbonyl (C=O) groups is 1. The molecule has 4 bridgehead atoms. The van der Waals surface area contributed by atoms with Crippen LogP contribution in [0.3, 0.4) is 0 Å². The van der Waals surface area contributed by atoms with E-state index in [1.807, 2.05) is 12.1 Å². The van der Waals surface area contributed by atoms with Crippen molar-refractivity contribution in [2.45, 2.75) is 58.3 Å². The molecule has 0 aromatic heterocycles. The summed E-state index contributed by atoms with van der Waals surface area (Å²) in [7, 11) is 0. The molecule has 4 saturated carbocycles. The van der Waals surface area contributed by atoms with Gasteiger partial charge in [-0.05, 0) is 79.7 Å². The predicted molar refractivity (Wildman–Crippen MR) is 85.4 cm³/mol. The fourth-order valence-electron chi connectivity index (χ4n) is 5.91. The van der Waals surface area contributed by atoms with E-state index in [0.29, 0.717) is 11.2 Å². The van der Waals surface area contributed by atoms with Crippen LogP contribution in [0.15, 0.2) is 24.3 Å². The molecular weight excluding hydrogens is 256 g/mol. The smallest absolute Gasteiger partial charge is 0.163 e. The highest BCUT2D eigenvalue weighted by atomic mass is 16.1.